The SMILES string of the molecule is O=C1NC(=S)N(c2ccccc2F)C(=O)/C1=C/c1ccc(Oc2ccc([N+](=O)[O-])cn2)cc1. The molecule has 33 heavy (non-hydrogen) atoms. The average Bonchev–Trinajstić information content (AvgIpc) is 2.79. The van der Waals surface area contributed by atoms with E-state index in [4.69, 9.17) is 17.0 Å². The molecule has 0 bridgehead atoms. The molecule has 1 aliphatic heterocycles. The first kappa shape index (κ1) is 21.7. The maximum Gasteiger partial charge on any atom is 0.287 e. The molecule has 1 aliphatic rings. The Kier molecular flexibility index (Phi) is 5.87. The second-order valence-corrected chi connectivity index (χ2v) is 7.08. The van der Waals surface area contributed by atoms with Crippen LogP contribution >= 0.6 is 12.2 Å². The normalized spacial score (nSPS) is 14.9. The molecule has 0 atom stereocenters. The van der Waals surface area contributed by atoms with Gasteiger partial charge in [-0.25, -0.2) is 14.3 Å². The standard InChI is InChI=1S/C22H13FN4O5S/c23-17-3-1-2-4-18(17)26-21(29)16(20(28)25-22(26)33)11-13-5-8-15(9-6-13)32-19-10-7-14(12-24-19)27(30)31/h1-12H,(H,25,28,33)/b16-11+. The van der Waals surface area contributed by atoms with Crippen LogP contribution in [0, 0.1) is 15.9 Å². The van der Waals surface area contributed by atoms with Crippen molar-refractivity contribution < 1.29 is 23.6 Å². The lowest BCUT2D eigenvalue weighted by atomic mass is 10.1. The quantitative estimate of drug-likeness (QED) is 0.201. The number of thiocarbonyl (C=S) groups is 1. The van der Waals surface area contributed by atoms with E-state index in [-0.39, 0.29) is 27.9 Å². The lowest BCUT2D eigenvalue weighted by molar-refractivity contribution is -0.385. The Morgan fingerprint density at radius 2 is 1.82 bits per heavy atom. The highest BCUT2D eigenvalue weighted by molar-refractivity contribution is 7.80. The van der Waals surface area contributed by atoms with Crippen LogP contribution in [0.25, 0.3) is 6.08 Å². The summed E-state index contributed by atoms with van der Waals surface area (Å²) in [5.41, 5.74) is 0.0396. The van der Waals surface area contributed by atoms with Crippen LogP contribution in [0.1, 0.15) is 5.56 Å². The predicted octanol–water partition coefficient (Wildman–Crippen LogP) is 3.75. The number of nitrogens with one attached hydrogen (secondary N) is 1. The van der Waals surface area contributed by atoms with Crippen LogP contribution < -0.4 is 15.0 Å². The highest BCUT2D eigenvalue weighted by atomic mass is 32.1. The molecule has 0 saturated carbocycles. The minimum atomic E-state index is -0.760. The Labute approximate surface area is 191 Å². The predicted molar refractivity (Wildman–Crippen MR) is 120 cm³/mol. The number of halogens is 1. The van der Waals surface area contributed by atoms with Crippen molar-refractivity contribution >= 4 is 46.6 Å². The maximum absolute atomic E-state index is 14.2. The van der Waals surface area contributed by atoms with E-state index < -0.39 is 22.6 Å². The van der Waals surface area contributed by atoms with Gasteiger partial charge in [0.25, 0.3) is 17.5 Å². The molecular weight excluding hydrogens is 451 g/mol. The van der Waals surface area contributed by atoms with E-state index >= 15 is 0 Å². The van der Waals surface area contributed by atoms with Gasteiger partial charge in [0.2, 0.25) is 5.88 Å². The molecule has 1 N–H and O–H groups in total. The van der Waals surface area contributed by atoms with Gasteiger partial charge in [0.05, 0.1) is 10.6 Å². The molecule has 9 nitrogen and oxygen atoms in total. The molecule has 3 aromatic rings. The third kappa shape index (κ3) is 4.57. The number of pyridine rings is 1. The molecule has 0 aliphatic carbocycles. The highest BCUT2D eigenvalue weighted by Gasteiger charge is 2.35. The third-order valence-corrected chi connectivity index (χ3v) is 4.82. The van der Waals surface area contributed by atoms with Gasteiger partial charge in [0.1, 0.15) is 23.3 Å². The lowest BCUT2D eigenvalue weighted by Gasteiger charge is -2.29. The van der Waals surface area contributed by atoms with Crippen molar-refractivity contribution in [3.63, 3.8) is 0 Å². The van der Waals surface area contributed by atoms with Crippen molar-refractivity contribution in [1.82, 2.24) is 10.3 Å². The lowest BCUT2D eigenvalue weighted by Crippen LogP contribution is -2.54. The van der Waals surface area contributed by atoms with Crippen molar-refractivity contribution in [3.8, 4) is 11.6 Å². The molecule has 1 aromatic heterocycles. The Hall–Kier alpha value is -4.51. The number of nitrogens with zero attached hydrogens (tertiary/aromatic N) is 3. The van der Waals surface area contributed by atoms with Crippen LogP contribution in [0.3, 0.4) is 0 Å². The summed E-state index contributed by atoms with van der Waals surface area (Å²) < 4.78 is 19.8. The van der Waals surface area contributed by atoms with E-state index in [9.17, 15) is 24.1 Å². The maximum atomic E-state index is 14.2. The number of amides is 2. The average molecular weight is 464 g/mol. The number of hydrogen-bond acceptors (Lipinski definition) is 7. The number of hydrogen-bond donors (Lipinski definition) is 1. The molecule has 4 rings (SSSR count). The second-order valence-electron chi connectivity index (χ2n) is 6.69. The number of ether oxygens (including phenoxy) is 1. The van der Waals surface area contributed by atoms with E-state index in [0.717, 1.165) is 11.1 Å². The largest absolute Gasteiger partial charge is 0.439 e. The summed E-state index contributed by atoms with van der Waals surface area (Å²) in [5.74, 6) is -1.59. The smallest absolute Gasteiger partial charge is 0.287 e. The van der Waals surface area contributed by atoms with E-state index in [1.165, 1.54) is 36.4 Å². The van der Waals surface area contributed by atoms with Gasteiger partial charge in [-0.1, -0.05) is 24.3 Å². The molecule has 2 heterocycles. The van der Waals surface area contributed by atoms with Gasteiger partial charge < -0.3 is 4.74 Å². The summed E-state index contributed by atoms with van der Waals surface area (Å²) in [7, 11) is 0. The van der Waals surface area contributed by atoms with Crippen LogP contribution in [0.15, 0.2) is 72.4 Å². The fourth-order valence-corrected chi connectivity index (χ4v) is 3.24. The Bertz CT molecular complexity index is 1310. The summed E-state index contributed by atoms with van der Waals surface area (Å²) >= 11 is 5.06. The summed E-state index contributed by atoms with van der Waals surface area (Å²) in [4.78, 5) is 40.2. The van der Waals surface area contributed by atoms with Crippen molar-refractivity contribution in [2.24, 2.45) is 0 Å². The molecule has 0 spiro atoms. The zero-order valence-corrected chi connectivity index (χ0v) is 17.4. The molecule has 2 amide bonds. The van der Waals surface area contributed by atoms with Crippen LogP contribution in [-0.2, 0) is 9.59 Å². The zero-order chi connectivity index (χ0) is 23.5. The number of anilines is 1. The molecule has 164 valence electrons. The van der Waals surface area contributed by atoms with Crippen LogP contribution in [-0.4, -0.2) is 26.8 Å². The van der Waals surface area contributed by atoms with Gasteiger partial charge in [-0.15, -0.1) is 0 Å². The zero-order valence-electron chi connectivity index (χ0n) is 16.6. The molecule has 1 fully saturated rings. The summed E-state index contributed by atoms with van der Waals surface area (Å²) in [6, 6.07) is 14.5. The van der Waals surface area contributed by atoms with Gasteiger partial charge in [0, 0.05) is 12.1 Å². The van der Waals surface area contributed by atoms with Crippen molar-refractivity contribution in [2.45, 2.75) is 0 Å². The first-order valence-electron chi connectivity index (χ1n) is 9.38. The summed E-state index contributed by atoms with van der Waals surface area (Å²) in [6.45, 7) is 0. The summed E-state index contributed by atoms with van der Waals surface area (Å²) in [5, 5.41) is 12.9. The Balaban J connectivity index is 1.55. The molecule has 0 unspecified atom stereocenters. The molecule has 11 heteroatoms. The number of carbonyl (C=O) groups excluding carboxylic acids is 2. The van der Waals surface area contributed by atoms with E-state index in [1.54, 1.807) is 30.3 Å². The number of para-hydroxylation sites is 1. The van der Waals surface area contributed by atoms with Crippen LogP contribution in [0.5, 0.6) is 11.6 Å². The third-order valence-electron chi connectivity index (χ3n) is 4.54. The second kappa shape index (κ2) is 8.93. The Morgan fingerprint density at radius 1 is 1.09 bits per heavy atom. The minimum Gasteiger partial charge on any atom is -0.439 e. The van der Waals surface area contributed by atoms with Gasteiger partial charge in [0.15, 0.2) is 5.11 Å². The monoisotopic (exact) mass is 464 g/mol. The fraction of sp³-hybridized carbons (Fsp3) is 0. The van der Waals surface area contributed by atoms with Gasteiger partial charge in [-0.3, -0.25) is 25.0 Å². The number of carbonyl (C=O) groups is 2. The van der Waals surface area contributed by atoms with E-state index in [0.29, 0.717) is 11.3 Å². The molecule has 2 aromatic carbocycles. The number of benzene rings is 2. The van der Waals surface area contributed by atoms with Crippen molar-refractivity contribution in [3.05, 3.63) is 93.9 Å². The minimum absolute atomic E-state index is 0.0715. The van der Waals surface area contributed by atoms with Crippen molar-refractivity contribution in [2.75, 3.05) is 4.90 Å². The number of rotatable bonds is 5. The number of aromatic nitrogens is 1. The van der Waals surface area contributed by atoms with Gasteiger partial charge in [-0.2, -0.15) is 0 Å². The molecule has 1 saturated heterocycles. The first-order valence-corrected chi connectivity index (χ1v) is 9.78. The van der Waals surface area contributed by atoms with Gasteiger partial charge in [-0.05, 0) is 48.1 Å². The van der Waals surface area contributed by atoms with E-state index in [2.05, 4.69) is 10.3 Å². The fourth-order valence-electron chi connectivity index (χ4n) is 2.97. The van der Waals surface area contributed by atoms with Gasteiger partial charge >= 0.3 is 0 Å². The van der Waals surface area contributed by atoms with Crippen LogP contribution in [0.4, 0.5) is 15.8 Å². The number of nitro groups is 1. The highest BCUT2D eigenvalue weighted by Crippen LogP contribution is 2.26. The molecule has 0 radical (unpaired) electrons. The summed E-state index contributed by atoms with van der Waals surface area (Å²) in [6.07, 6.45) is 2.42. The van der Waals surface area contributed by atoms with Crippen molar-refractivity contribution in [1.29, 1.82) is 0 Å². The van der Waals surface area contributed by atoms with Crippen LogP contribution in [0.2, 0.25) is 0 Å². The Morgan fingerprint density at radius 3 is 2.45 bits per heavy atom. The first-order chi connectivity index (χ1) is 15.8. The topological polar surface area (TPSA) is 115 Å². The molecular formula is C22H13FN4O5S. The van der Waals surface area contributed by atoms with E-state index in [1.807, 2.05) is 0 Å².